The van der Waals surface area contributed by atoms with Crippen molar-refractivity contribution in [2.24, 2.45) is 5.92 Å². The third-order valence-electron chi connectivity index (χ3n) is 5.52. The molecular weight excluding hydrogens is 464 g/mol. The van der Waals surface area contributed by atoms with E-state index in [4.69, 9.17) is 22.1 Å². The molecule has 0 radical (unpaired) electrons. The standard InChI is InChI=1S/C26H33ClN6O2/c1-15(2)11-17-16(12-28)9-10-18-20(17)19(13-32(18)23-21(27)22(29)30-14-31-23)35-24(34)33(25(3,4)5)26(6,7)8/h9-10,13-15H,11H2,1-8H3,(H2,29,30,31). The van der Waals surface area contributed by atoms with Crippen LogP contribution < -0.4 is 10.5 Å². The zero-order valence-electron chi connectivity index (χ0n) is 21.6. The average molecular weight is 497 g/mol. The van der Waals surface area contributed by atoms with E-state index in [0.29, 0.717) is 34.5 Å². The van der Waals surface area contributed by atoms with Gasteiger partial charge in [-0.25, -0.2) is 14.8 Å². The van der Waals surface area contributed by atoms with Gasteiger partial charge in [-0.1, -0.05) is 25.4 Å². The molecule has 3 aromatic rings. The summed E-state index contributed by atoms with van der Waals surface area (Å²) >= 11 is 6.46. The number of ether oxygens (including phenoxy) is 1. The van der Waals surface area contributed by atoms with Gasteiger partial charge in [0, 0.05) is 16.5 Å². The molecule has 2 heterocycles. The van der Waals surface area contributed by atoms with E-state index in [-0.39, 0.29) is 16.8 Å². The maximum absolute atomic E-state index is 13.6. The summed E-state index contributed by atoms with van der Waals surface area (Å²) in [4.78, 5) is 23.5. The number of hydrogen-bond donors (Lipinski definition) is 1. The Morgan fingerprint density at radius 1 is 1.20 bits per heavy atom. The second-order valence-electron chi connectivity index (χ2n) is 11.0. The topological polar surface area (TPSA) is 110 Å². The lowest BCUT2D eigenvalue weighted by atomic mass is 9.95. The first kappa shape index (κ1) is 26.3. The van der Waals surface area contributed by atoms with Crippen LogP contribution in [-0.2, 0) is 6.42 Å². The van der Waals surface area contributed by atoms with Crippen molar-refractivity contribution in [3.8, 4) is 17.6 Å². The maximum atomic E-state index is 13.6. The van der Waals surface area contributed by atoms with Gasteiger partial charge >= 0.3 is 6.09 Å². The first-order chi connectivity index (χ1) is 16.2. The minimum atomic E-state index is -0.491. The van der Waals surface area contributed by atoms with E-state index in [1.54, 1.807) is 27.8 Å². The van der Waals surface area contributed by atoms with Crippen molar-refractivity contribution in [3.05, 3.63) is 40.8 Å². The lowest BCUT2D eigenvalue weighted by Gasteiger charge is -2.44. The van der Waals surface area contributed by atoms with Crippen LogP contribution in [0, 0.1) is 17.2 Å². The van der Waals surface area contributed by atoms with Crippen molar-refractivity contribution in [1.29, 1.82) is 5.26 Å². The average Bonchev–Trinajstić information content (AvgIpc) is 3.06. The fourth-order valence-electron chi connectivity index (χ4n) is 4.58. The molecule has 0 saturated carbocycles. The smallest absolute Gasteiger partial charge is 0.408 e. The number of carbonyl (C=O) groups is 1. The number of hydrogen-bond acceptors (Lipinski definition) is 6. The van der Waals surface area contributed by atoms with E-state index >= 15 is 0 Å². The Kier molecular flexibility index (Phi) is 7.05. The lowest BCUT2D eigenvalue weighted by Crippen LogP contribution is -2.56. The molecule has 0 saturated heterocycles. The lowest BCUT2D eigenvalue weighted by molar-refractivity contribution is 0.0470. The molecule has 0 fully saturated rings. The van der Waals surface area contributed by atoms with E-state index in [1.807, 2.05) is 41.5 Å². The molecular formula is C26H33ClN6O2. The van der Waals surface area contributed by atoms with Crippen molar-refractivity contribution in [2.45, 2.75) is 72.9 Å². The number of aromatic nitrogens is 3. The molecule has 0 aliphatic heterocycles. The molecule has 0 atom stereocenters. The largest absolute Gasteiger partial charge is 0.416 e. The molecule has 1 amide bonds. The number of benzene rings is 1. The number of nitrogens with zero attached hydrogens (tertiary/aromatic N) is 5. The zero-order chi connectivity index (χ0) is 26.3. The monoisotopic (exact) mass is 496 g/mol. The predicted octanol–water partition coefficient (Wildman–Crippen LogP) is 6.12. The van der Waals surface area contributed by atoms with Crippen LogP contribution in [0.1, 0.15) is 66.5 Å². The highest BCUT2D eigenvalue weighted by molar-refractivity contribution is 6.34. The van der Waals surface area contributed by atoms with Crippen LogP contribution in [0.25, 0.3) is 16.7 Å². The van der Waals surface area contributed by atoms with Crippen LogP contribution in [0.15, 0.2) is 24.7 Å². The van der Waals surface area contributed by atoms with Crippen molar-refractivity contribution >= 4 is 34.4 Å². The quantitative estimate of drug-likeness (QED) is 0.465. The van der Waals surface area contributed by atoms with E-state index in [0.717, 1.165) is 5.56 Å². The maximum Gasteiger partial charge on any atom is 0.416 e. The highest BCUT2D eigenvalue weighted by Crippen LogP contribution is 2.38. The molecule has 8 nitrogen and oxygen atoms in total. The third-order valence-corrected chi connectivity index (χ3v) is 5.89. The summed E-state index contributed by atoms with van der Waals surface area (Å²) in [6.45, 7) is 15.9. The molecule has 186 valence electrons. The summed E-state index contributed by atoms with van der Waals surface area (Å²) in [6.07, 6.45) is 3.13. The first-order valence-electron chi connectivity index (χ1n) is 11.5. The highest BCUT2D eigenvalue weighted by atomic mass is 35.5. The highest BCUT2D eigenvalue weighted by Gasteiger charge is 2.37. The molecule has 3 rings (SSSR count). The number of amides is 1. The number of carbonyl (C=O) groups excluding carboxylic acids is 1. The SMILES string of the molecule is CC(C)Cc1c(C#N)ccc2c1c(OC(=O)N(C(C)(C)C)C(C)(C)C)cn2-c1ncnc(N)c1Cl. The Morgan fingerprint density at radius 2 is 1.83 bits per heavy atom. The summed E-state index contributed by atoms with van der Waals surface area (Å²) in [7, 11) is 0. The Balaban J connectivity index is 2.32. The molecule has 2 aromatic heterocycles. The van der Waals surface area contributed by atoms with Gasteiger partial charge in [0.05, 0.1) is 23.3 Å². The Morgan fingerprint density at radius 3 is 2.37 bits per heavy atom. The van der Waals surface area contributed by atoms with Gasteiger partial charge in [-0.2, -0.15) is 5.26 Å². The van der Waals surface area contributed by atoms with E-state index in [2.05, 4.69) is 29.9 Å². The van der Waals surface area contributed by atoms with Crippen LogP contribution in [0.4, 0.5) is 10.6 Å². The number of nitrogen functional groups attached to an aromatic ring is 1. The van der Waals surface area contributed by atoms with Crippen LogP contribution in [0.5, 0.6) is 5.75 Å². The predicted molar refractivity (Wildman–Crippen MR) is 139 cm³/mol. The molecule has 2 N–H and O–H groups in total. The molecule has 35 heavy (non-hydrogen) atoms. The summed E-state index contributed by atoms with van der Waals surface area (Å²) in [5.41, 5.74) is 6.98. The van der Waals surface area contributed by atoms with Crippen molar-refractivity contribution < 1.29 is 9.53 Å². The summed E-state index contributed by atoms with van der Waals surface area (Å²) in [6, 6.07) is 5.84. The number of rotatable bonds is 4. The van der Waals surface area contributed by atoms with Gasteiger partial charge in [0.25, 0.3) is 0 Å². The number of nitriles is 1. The van der Waals surface area contributed by atoms with E-state index in [9.17, 15) is 10.1 Å². The minimum Gasteiger partial charge on any atom is -0.408 e. The first-order valence-corrected chi connectivity index (χ1v) is 11.9. The van der Waals surface area contributed by atoms with Crippen molar-refractivity contribution in [1.82, 2.24) is 19.4 Å². The molecule has 0 unspecified atom stereocenters. The van der Waals surface area contributed by atoms with Crippen LogP contribution in [0.3, 0.4) is 0 Å². The Labute approximate surface area is 211 Å². The zero-order valence-corrected chi connectivity index (χ0v) is 22.4. The van der Waals surface area contributed by atoms with Crippen molar-refractivity contribution in [2.75, 3.05) is 5.73 Å². The molecule has 0 bridgehead atoms. The van der Waals surface area contributed by atoms with Crippen LogP contribution >= 0.6 is 11.6 Å². The number of nitrogens with two attached hydrogens (primary N) is 1. The molecule has 1 aromatic carbocycles. The Hall–Kier alpha value is -3.31. The second-order valence-corrected chi connectivity index (χ2v) is 11.4. The van der Waals surface area contributed by atoms with Gasteiger partial charge in [-0.05, 0) is 71.6 Å². The molecule has 0 aliphatic carbocycles. The molecule has 0 aliphatic rings. The Bertz CT molecular complexity index is 1290. The normalized spacial score (nSPS) is 12.1. The fraction of sp³-hybridized carbons (Fsp3) is 0.462. The molecule has 9 heteroatoms. The fourth-order valence-corrected chi connectivity index (χ4v) is 4.76. The van der Waals surface area contributed by atoms with E-state index < -0.39 is 17.2 Å². The van der Waals surface area contributed by atoms with Crippen LogP contribution in [0.2, 0.25) is 5.02 Å². The van der Waals surface area contributed by atoms with Crippen LogP contribution in [-0.4, -0.2) is 36.6 Å². The van der Waals surface area contributed by atoms with Gasteiger partial charge < -0.3 is 10.5 Å². The number of anilines is 1. The number of halogens is 1. The summed E-state index contributed by atoms with van der Waals surface area (Å²) in [5.74, 6) is 1.08. The van der Waals surface area contributed by atoms with Gasteiger partial charge in [0.1, 0.15) is 17.2 Å². The minimum absolute atomic E-state index is 0.139. The summed E-state index contributed by atoms with van der Waals surface area (Å²) in [5, 5.41) is 10.7. The van der Waals surface area contributed by atoms with Gasteiger partial charge in [-0.3, -0.25) is 9.47 Å². The number of fused-ring (bicyclic) bond motifs is 1. The summed E-state index contributed by atoms with van der Waals surface area (Å²) < 4.78 is 7.80. The van der Waals surface area contributed by atoms with E-state index in [1.165, 1.54) is 6.33 Å². The van der Waals surface area contributed by atoms with Gasteiger partial charge in [0.15, 0.2) is 11.6 Å². The van der Waals surface area contributed by atoms with Gasteiger partial charge in [0.2, 0.25) is 0 Å². The second kappa shape index (κ2) is 9.38. The third kappa shape index (κ3) is 5.20. The van der Waals surface area contributed by atoms with Gasteiger partial charge in [-0.15, -0.1) is 0 Å². The van der Waals surface area contributed by atoms with Crippen molar-refractivity contribution in [3.63, 3.8) is 0 Å². The molecule has 0 spiro atoms.